The van der Waals surface area contributed by atoms with E-state index in [1.54, 1.807) is 39.3 Å². The highest BCUT2D eigenvalue weighted by atomic mass is 19.1. The molecular formula is C15H19F2NO. The zero-order chi connectivity index (χ0) is 14.5. The predicted octanol–water partition coefficient (Wildman–Crippen LogP) is 4.25. The Hall–Kier alpha value is -1.58. The maximum absolute atomic E-state index is 14.5. The largest absolute Gasteiger partial charge is 0.485 e. The molecule has 4 heteroatoms. The lowest BCUT2D eigenvalue weighted by molar-refractivity contribution is 0.124. The van der Waals surface area contributed by atoms with Gasteiger partial charge in [0.1, 0.15) is 5.60 Å². The fourth-order valence-corrected chi connectivity index (χ4v) is 2.27. The van der Waals surface area contributed by atoms with E-state index < -0.39 is 17.2 Å². The van der Waals surface area contributed by atoms with Crippen molar-refractivity contribution >= 4 is 10.9 Å². The number of halogens is 2. The van der Waals surface area contributed by atoms with Gasteiger partial charge < -0.3 is 9.30 Å². The SMILES string of the molecule is Cc1c(C)n(C)c2c(F)cc(OC(C)(C)C)c(F)c12. The monoisotopic (exact) mass is 267 g/mol. The molecule has 1 aromatic heterocycles. The van der Waals surface area contributed by atoms with Gasteiger partial charge >= 0.3 is 0 Å². The molecular weight excluding hydrogens is 248 g/mol. The average Bonchev–Trinajstić information content (AvgIpc) is 2.49. The molecule has 0 atom stereocenters. The molecule has 2 rings (SSSR count). The zero-order valence-corrected chi connectivity index (χ0v) is 12.2. The molecule has 0 aliphatic heterocycles. The number of fused-ring (bicyclic) bond motifs is 1. The number of ether oxygens (including phenoxy) is 1. The van der Waals surface area contributed by atoms with Crippen molar-refractivity contribution < 1.29 is 13.5 Å². The lowest BCUT2D eigenvalue weighted by Gasteiger charge is -2.22. The molecule has 0 N–H and O–H groups in total. The summed E-state index contributed by atoms with van der Waals surface area (Å²) in [6.45, 7) is 9.05. The summed E-state index contributed by atoms with van der Waals surface area (Å²) in [6, 6.07) is 1.13. The van der Waals surface area contributed by atoms with Crippen molar-refractivity contribution in [3.63, 3.8) is 0 Å². The van der Waals surface area contributed by atoms with E-state index in [2.05, 4.69) is 0 Å². The summed E-state index contributed by atoms with van der Waals surface area (Å²) in [5, 5.41) is 0.305. The number of aromatic nitrogens is 1. The average molecular weight is 267 g/mol. The van der Waals surface area contributed by atoms with Crippen LogP contribution in [0.1, 0.15) is 32.0 Å². The fourth-order valence-electron chi connectivity index (χ4n) is 2.27. The molecule has 0 saturated carbocycles. The zero-order valence-electron chi connectivity index (χ0n) is 12.2. The quantitative estimate of drug-likeness (QED) is 0.753. The van der Waals surface area contributed by atoms with Gasteiger partial charge in [-0.2, -0.15) is 0 Å². The van der Waals surface area contributed by atoms with Crippen LogP contribution in [0.15, 0.2) is 6.07 Å². The second kappa shape index (κ2) is 4.22. The molecule has 1 heterocycles. The van der Waals surface area contributed by atoms with Crippen LogP contribution < -0.4 is 4.74 Å². The Balaban J connectivity index is 2.79. The van der Waals surface area contributed by atoms with Crippen LogP contribution >= 0.6 is 0 Å². The van der Waals surface area contributed by atoms with E-state index in [0.29, 0.717) is 5.39 Å². The van der Waals surface area contributed by atoms with Gasteiger partial charge in [-0.25, -0.2) is 8.78 Å². The van der Waals surface area contributed by atoms with Gasteiger partial charge in [0.25, 0.3) is 0 Å². The molecule has 0 radical (unpaired) electrons. The molecule has 0 bridgehead atoms. The van der Waals surface area contributed by atoms with E-state index in [4.69, 9.17) is 4.74 Å². The number of rotatable bonds is 1. The van der Waals surface area contributed by atoms with Crippen LogP contribution in [-0.2, 0) is 7.05 Å². The standard InChI is InChI=1S/C15H19F2NO/c1-8-9(2)18(6)14-10(16)7-11(13(17)12(8)14)19-15(3,4)5/h7H,1-6H3. The molecule has 0 unspecified atom stereocenters. The Labute approximate surface area is 112 Å². The van der Waals surface area contributed by atoms with Crippen molar-refractivity contribution in [2.24, 2.45) is 7.05 Å². The van der Waals surface area contributed by atoms with E-state index in [9.17, 15) is 8.78 Å². The highest BCUT2D eigenvalue weighted by molar-refractivity contribution is 5.87. The molecule has 19 heavy (non-hydrogen) atoms. The fraction of sp³-hybridized carbons (Fsp3) is 0.467. The van der Waals surface area contributed by atoms with Crippen LogP contribution in [0.2, 0.25) is 0 Å². The molecule has 0 saturated heterocycles. The summed E-state index contributed by atoms with van der Waals surface area (Å²) in [4.78, 5) is 0. The second-order valence-corrected chi connectivity index (χ2v) is 5.88. The predicted molar refractivity (Wildman–Crippen MR) is 72.7 cm³/mol. The van der Waals surface area contributed by atoms with E-state index in [0.717, 1.165) is 17.3 Å². The molecule has 0 fully saturated rings. The van der Waals surface area contributed by atoms with Gasteiger partial charge in [-0.05, 0) is 40.2 Å². The number of benzene rings is 1. The summed E-state index contributed by atoms with van der Waals surface area (Å²) in [6.07, 6.45) is 0. The summed E-state index contributed by atoms with van der Waals surface area (Å²) in [5.41, 5.74) is 1.31. The van der Waals surface area contributed by atoms with Gasteiger partial charge in [0.15, 0.2) is 17.4 Å². The topological polar surface area (TPSA) is 14.2 Å². The van der Waals surface area contributed by atoms with E-state index in [-0.39, 0.29) is 11.3 Å². The van der Waals surface area contributed by atoms with Crippen molar-refractivity contribution in [2.45, 2.75) is 40.2 Å². The van der Waals surface area contributed by atoms with Crippen molar-refractivity contribution in [1.82, 2.24) is 4.57 Å². The van der Waals surface area contributed by atoms with E-state index in [1.165, 1.54) is 0 Å². The second-order valence-electron chi connectivity index (χ2n) is 5.88. The Kier molecular flexibility index (Phi) is 3.07. The molecule has 2 nitrogen and oxygen atoms in total. The minimum Gasteiger partial charge on any atom is -0.485 e. The molecule has 0 spiro atoms. The van der Waals surface area contributed by atoms with E-state index >= 15 is 0 Å². The summed E-state index contributed by atoms with van der Waals surface area (Å²) in [5.74, 6) is -0.993. The van der Waals surface area contributed by atoms with Gasteiger partial charge in [-0.3, -0.25) is 0 Å². The first-order chi connectivity index (χ1) is 8.63. The van der Waals surface area contributed by atoms with Gasteiger partial charge in [0.2, 0.25) is 0 Å². The summed E-state index contributed by atoms with van der Waals surface area (Å²) >= 11 is 0. The minimum absolute atomic E-state index is 0.0359. The smallest absolute Gasteiger partial charge is 0.174 e. The Morgan fingerprint density at radius 2 is 1.74 bits per heavy atom. The lowest BCUT2D eigenvalue weighted by Crippen LogP contribution is -2.23. The molecule has 0 aliphatic carbocycles. The van der Waals surface area contributed by atoms with Crippen LogP contribution in [0, 0.1) is 25.5 Å². The Bertz CT molecular complexity index is 651. The number of nitrogens with zero attached hydrogens (tertiary/aromatic N) is 1. The first-order valence-corrected chi connectivity index (χ1v) is 6.26. The maximum atomic E-state index is 14.5. The molecule has 1 aromatic carbocycles. The molecule has 2 aromatic rings. The number of hydrogen-bond acceptors (Lipinski definition) is 1. The normalized spacial score (nSPS) is 12.2. The van der Waals surface area contributed by atoms with Gasteiger partial charge in [0.05, 0.1) is 5.52 Å². The van der Waals surface area contributed by atoms with Crippen LogP contribution in [0.3, 0.4) is 0 Å². The van der Waals surface area contributed by atoms with Crippen molar-refractivity contribution in [2.75, 3.05) is 0 Å². The van der Waals surface area contributed by atoms with Crippen LogP contribution in [0.5, 0.6) is 5.75 Å². The highest BCUT2D eigenvalue weighted by Gasteiger charge is 2.23. The minimum atomic E-state index is -0.571. The molecule has 0 amide bonds. The van der Waals surface area contributed by atoms with Crippen LogP contribution in [-0.4, -0.2) is 10.2 Å². The van der Waals surface area contributed by atoms with Gasteiger partial charge in [0, 0.05) is 24.2 Å². The Morgan fingerprint density at radius 1 is 1.16 bits per heavy atom. The highest BCUT2D eigenvalue weighted by Crippen LogP contribution is 2.35. The summed E-state index contributed by atoms with van der Waals surface area (Å²) in [7, 11) is 1.73. The van der Waals surface area contributed by atoms with Gasteiger partial charge in [-0.1, -0.05) is 0 Å². The van der Waals surface area contributed by atoms with E-state index in [1.807, 2.05) is 6.92 Å². The molecule has 104 valence electrons. The first kappa shape index (κ1) is 13.8. The van der Waals surface area contributed by atoms with Crippen molar-refractivity contribution in [1.29, 1.82) is 0 Å². The molecule has 0 aliphatic rings. The third kappa shape index (κ3) is 2.20. The number of aryl methyl sites for hydroxylation is 2. The maximum Gasteiger partial charge on any atom is 0.174 e. The third-order valence-corrected chi connectivity index (χ3v) is 3.33. The Morgan fingerprint density at radius 3 is 2.26 bits per heavy atom. The summed E-state index contributed by atoms with van der Waals surface area (Å²) < 4.78 is 35.9. The van der Waals surface area contributed by atoms with Crippen LogP contribution in [0.4, 0.5) is 8.78 Å². The third-order valence-electron chi connectivity index (χ3n) is 3.33. The van der Waals surface area contributed by atoms with Crippen molar-refractivity contribution in [3.05, 3.63) is 29.0 Å². The lowest BCUT2D eigenvalue weighted by atomic mass is 10.1. The first-order valence-electron chi connectivity index (χ1n) is 6.26. The van der Waals surface area contributed by atoms with Gasteiger partial charge in [-0.15, -0.1) is 0 Å². The number of hydrogen-bond donors (Lipinski definition) is 0. The van der Waals surface area contributed by atoms with Crippen LogP contribution in [0.25, 0.3) is 10.9 Å². The van der Waals surface area contributed by atoms with Crippen molar-refractivity contribution in [3.8, 4) is 5.75 Å².